The highest BCUT2D eigenvalue weighted by Crippen LogP contribution is 2.47. The van der Waals surface area contributed by atoms with E-state index in [0.717, 1.165) is 11.4 Å². The number of aromatic hydroxyl groups is 1. The fraction of sp³-hybridized carbons (Fsp3) is 0.0769. The summed E-state index contributed by atoms with van der Waals surface area (Å²) in [7, 11) is 0. The largest absolute Gasteiger partial charge is 0.508 e. The van der Waals surface area contributed by atoms with Crippen molar-refractivity contribution >= 4 is 63.2 Å². The van der Waals surface area contributed by atoms with Gasteiger partial charge in [-0.1, -0.05) is 40.9 Å². The van der Waals surface area contributed by atoms with Crippen molar-refractivity contribution in [2.24, 2.45) is 8.73 Å². The first-order chi connectivity index (χ1) is 10.1. The van der Waals surface area contributed by atoms with E-state index in [1.165, 1.54) is 0 Å². The highest BCUT2D eigenvalue weighted by Gasteiger charge is 2.19. The van der Waals surface area contributed by atoms with E-state index < -0.39 is 0 Å². The zero-order valence-corrected chi connectivity index (χ0v) is 13.5. The Morgan fingerprint density at radius 3 is 2.57 bits per heavy atom. The van der Waals surface area contributed by atoms with Crippen LogP contribution in [-0.2, 0) is 17.9 Å². The number of halogens is 3. The third-order valence-corrected chi connectivity index (χ3v) is 4.45. The number of phenols is 1. The van der Waals surface area contributed by atoms with Gasteiger partial charge in [0.15, 0.2) is 0 Å². The summed E-state index contributed by atoms with van der Waals surface area (Å²) in [4.78, 5) is 0. The zero-order valence-electron chi connectivity index (χ0n) is 10.4. The molecule has 3 rings (SSSR count). The summed E-state index contributed by atoms with van der Waals surface area (Å²) in [5.74, 6) is 0.118. The lowest BCUT2D eigenvalue weighted by Crippen LogP contribution is -2.01. The number of anilines is 1. The van der Waals surface area contributed by atoms with Crippen molar-refractivity contribution in [1.82, 2.24) is 0 Å². The van der Waals surface area contributed by atoms with E-state index in [1.54, 1.807) is 24.3 Å². The Labute approximate surface area is 139 Å². The minimum Gasteiger partial charge on any atom is -0.508 e. The molecule has 4 nitrogen and oxygen atoms in total. The molecule has 0 saturated heterocycles. The van der Waals surface area contributed by atoms with Crippen LogP contribution in [0, 0.1) is 0 Å². The Kier molecular flexibility index (Phi) is 4.08. The van der Waals surface area contributed by atoms with Crippen LogP contribution in [0.3, 0.4) is 0 Å². The van der Waals surface area contributed by atoms with E-state index in [4.69, 9.17) is 34.8 Å². The normalized spacial score (nSPS) is 12.1. The number of benzene rings is 2. The number of phenolic OH excluding ortho intramolecular Hbond substituents is 1. The molecule has 0 amide bonds. The van der Waals surface area contributed by atoms with Crippen molar-refractivity contribution in [3.63, 3.8) is 0 Å². The molecule has 1 heterocycles. The average Bonchev–Trinajstić information content (AvgIpc) is 2.91. The molecule has 2 aromatic carbocycles. The van der Waals surface area contributed by atoms with E-state index in [0.29, 0.717) is 44.2 Å². The Hall–Kier alpha value is -1.27. The maximum atomic E-state index is 9.85. The maximum absolute atomic E-state index is 9.85. The molecule has 0 atom stereocenters. The Balaban J connectivity index is 1.94. The van der Waals surface area contributed by atoms with E-state index in [-0.39, 0.29) is 5.75 Å². The molecule has 0 spiro atoms. The number of hydrogen-bond acceptors (Lipinski definition) is 4. The molecule has 108 valence electrons. The van der Waals surface area contributed by atoms with Gasteiger partial charge in [0.05, 0.1) is 27.1 Å². The van der Waals surface area contributed by atoms with Gasteiger partial charge in [-0.3, -0.25) is 0 Å². The van der Waals surface area contributed by atoms with Gasteiger partial charge in [-0.05, 0) is 18.2 Å². The fourth-order valence-electron chi connectivity index (χ4n) is 1.94. The first kappa shape index (κ1) is 14.7. The van der Waals surface area contributed by atoms with Gasteiger partial charge in [0.25, 0.3) is 0 Å². The third kappa shape index (κ3) is 2.74. The molecular weight excluding hydrogens is 353 g/mol. The second-order valence-electron chi connectivity index (χ2n) is 4.27. The molecule has 1 aliphatic heterocycles. The van der Waals surface area contributed by atoms with Gasteiger partial charge in [-0.2, -0.15) is 8.73 Å². The standard InChI is InChI=1S/C13H8Cl3N3OS/c14-7-2-1-3-10(20)6(7)5-17-11-8(15)4-9(16)12-13(11)19-21-18-12/h1-4,17,20H,5H2. The molecule has 0 aliphatic carbocycles. The molecule has 0 saturated carbocycles. The van der Waals surface area contributed by atoms with Gasteiger partial charge < -0.3 is 10.4 Å². The van der Waals surface area contributed by atoms with Gasteiger partial charge >= 0.3 is 0 Å². The second kappa shape index (κ2) is 5.85. The van der Waals surface area contributed by atoms with Crippen LogP contribution in [0.2, 0.25) is 15.1 Å². The average molecular weight is 361 g/mol. The first-order valence-electron chi connectivity index (χ1n) is 5.88. The summed E-state index contributed by atoms with van der Waals surface area (Å²) in [5.41, 5.74) is 2.40. The van der Waals surface area contributed by atoms with Gasteiger partial charge in [0.1, 0.15) is 17.1 Å². The SMILES string of the molecule is Oc1cccc(Cl)c1CNc1c(Cl)cc(Cl)c2c1N=S=N2. The molecule has 1 aliphatic rings. The van der Waals surface area contributed by atoms with Crippen LogP contribution in [0.1, 0.15) is 5.56 Å². The van der Waals surface area contributed by atoms with Crippen LogP contribution >= 0.6 is 34.8 Å². The Morgan fingerprint density at radius 2 is 1.81 bits per heavy atom. The first-order valence-corrected chi connectivity index (χ1v) is 7.75. The number of hydrogen-bond donors (Lipinski definition) is 2. The predicted molar refractivity (Wildman–Crippen MR) is 88.4 cm³/mol. The zero-order chi connectivity index (χ0) is 15.0. The quantitative estimate of drug-likeness (QED) is 0.630. The molecule has 2 aromatic rings. The van der Waals surface area contributed by atoms with Gasteiger partial charge in [-0.15, -0.1) is 0 Å². The van der Waals surface area contributed by atoms with Crippen LogP contribution in [0.15, 0.2) is 33.0 Å². The Bertz CT molecular complexity index is 783. The number of rotatable bonds is 3. The van der Waals surface area contributed by atoms with Crippen molar-refractivity contribution in [3.05, 3.63) is 44.9 Å². The minimum absolute atomic E-state index is 0.118. The van der Waals surface area contributed by atoms with Crippen LogP contribution in [0.5, 0.6) is 5.75 Å². The maximum Gasteiger partial charge on any atom is 0.130 e. The van der Waals surface area contributed by atoms with Crippen molar-refractivity contribution in [2.75, 3.05) is 5.32 Å². The lowest BCUT2D eigenvalue weighted by molar-refractivity contribution is 0.469. The van der Waals surface area contributed by atoms with Gasteiger partial charge in [0.2, 0.25) is 0 Å². The molecule has 0 bridgehead atoms. The fourth-order valence-corrected chi connectivity index (χ4v) is 3.36. The molecule has 21 heavy (non-hydrogen) atoms. The summed E-state index contributed by atoms with van der Waals surface area (Å²) in [5, 5.41) is 14.4. The van der Waals surface area contributed by atoms with Crippen LogP contribution < -0.4 is 5.32 Å². The summed E-state index contributed by atoms with van der Waals surface area (Å²) >= 11 is 19.4. The molecule has 8 heteroatoms. The minimum atomic E-state index is 0.118. The molecule has 0 unspecified atom stereocenters. The van der Waals surface area contributed by atoms with Crippen LogP contribution in [0.4, 0.5) is 17.1 Å². The highest BCUT2D eigenvalue weighted by molar-refractivity contribution is 7.58. The van der Waals surface area contributed by atoms with Gasteiger partial charge in [-0.25, -0.2) is 0 Å². The van der Waals surface area contributed by atoms with E-state index in [9.17, 15) is 5.11 Å². The molecule has 0 fully saturated rings. The van der Waals surface area contributed by atoms with E-state index >= 15 is 0 Å². The summed E-state index contributed by atoms with van der Waals surface area (Å²) < 4.78 is 8.34. The summed E-state index contributed by atoms with van der Waals surface area (Å²) in [6.07, 6.45) is 0. The van der Waals surface area contributed by atoms with Crippen LogP contribution in [-0.4, -0.2) is 5.11 Å². The van der Waals surface area contributed by atoms with Crippen molar-refractivity contribution < 1.29 is 5.11 Å². The second-order valence-corrected chi connectivity index (χ2v) is 6.02. The van der Waals surface area contributed by atoms with Gasteiger partial charge in [0, 0.05) is 17.1 Å². The van der Waals surface area contributed by atoms with Crippen molar-refractivity contribution in [3.8, 4) is 5.75 Å². The number of fused-ring (bicyclic) bond motifs is 1. The van der Waals surface area contributed by atoms with Crippen molar-refractivity contribution in [1.29, 1.82) is 0 Å². The number of nitrogens with one attached hydrogen (secondary N) is 1. The lowest BCUT2D eigenvalue weighted by atomic mass is 10.1. The number of nitrogens with zero attached hydrogens (tertiary/aromatic N) is 2. The molecular formula is C13H8Cl3N3OS. The Morgan fingerprint density at radius 1 is 1.05 bits per heavy atom. The summed E-state index contributed by atoms with van der Waals surface area (Å²) in [6.45, 7) is 0.305. The lowest BCUT2D eigenvalue weighted by Gasteiger charge is -2.13. The van der Waals surface area contributed by atoms with Crippen molar-refractivity contribution in [2.45, 2.75) is 6.54 Å². The topological polar surface area (TPSA) is 57.0 Å². The van der Waals surface area contributed by atoms with Crippen LogP contribution in [0.25, 0.3) is 0 Å². The molecule has 0 aromatic heterocycles. The monoisotopic (exact) mass is 359 g/mol. The highest BCUT2D eigenvalue weighted by atomic mass is 35.5. The third-order valence-electron chi connectivity index (χ3n) is 2.98. The smallest absolute Gasteiger partial charge is 0.130 e. The van der Waals surface area contributed by atoms with E-state index in [1.807, 2.05) is 0 Å². The molecule has 2 N–H and O–H groups in total. The predicted octanol–water partition coefficient (Wildman–Crippen LogP) is 5.69. The van der Waals surface area contributed by atoms with E-state index in [2.05, 4.69) is 14.0 Å². The summed E-state index contributed by atoms with van der Waals surface area (Å²) in [6, 6.07) is 6.58. The molecule has 0 radical (unpaired) electrons.